The highest BCUT2D eigenvalue weighted by Gasteiger charge is 2.36. The summed E-state index contributed by atoms with van der Waals surface area (Å²) >= 11 is 0. The van der Waals surface area contributed by atoms with E-state index in [1.165, 1.54) is 5.56 Å². The maximum Gasteiger partial charge on any atom is 0.226 e. The summed E-state index contributed by atoms with van der Waals surface area (Å²) in [6.45, 7) is 8.68. The van der Waals surface area contributed by atoms with Crippen molar-refractivity contribution in [2.75, 3.05) is 18.0 Å². The first kappa shape index (κ1) is 19.6. The monoisotopic (exact) mass is 364 g/mol. The van der Waals surface area contributed by atoms with Gasteiger partial charge in [0.2, 0.25) is 5.91 Å². The molecule has 1 fully saturated rings. The fraction of sp³-hybridized carbons (Fsp3) is 0.458. The molecule has 3 atom stereocenters. The number of carbonyl (C=O) groups excluding carboxylic acids is 1. The van der Waals surface area contributed by atoms with Gasteiger partial charge in [-0.2, -0.15) is 0 Å². The van der Waals surface area contributed by atoms with Crippen molar-refractivity contribution in [3.05, 3.63) is 66.2 Å². The summed E-state index contributed by atoms with van der Waals surface area (Å²) in [7, 11) is 0. The minimum absolute atomic E-state index is 0.225. The number of para-hydroxylation sites is 1. The van der Waals surface area contributed by atoms with Crippen LogP contribution in [-0.2, 0) is 11.2 Å². The predicted octanol–water partition coefficient (Wildman–Crippen LogP) is 4.77. The second-order valence-corrected chi connectivity index (χ2v) is 7.81. The second kappa shape index (κ2) is 9.18. The maximum absolute atomic E-state index is 12.8. The molecule has 3 rings (SSSR count). The number of anilines is 1. The minimum atomic E-state index is 0.225. The van der Waals surface area contributed by atoms with Crippen LogP contribution in [-0.4, -0.2) is 36.0 Å². The summed E-state index contributed by atoms with van der Waals surface area (Å²) in [6.07, 6.45) is 2.65. The van der Waals surface area contributed by atoms with E-state index in [0.717, 1.165) is 31.6 Å². The van der Waals surface area contributed by atoms with Gasteiger partial charge in [0.1, 0.15) is 0 Å². The van der Waals surface area contributed by atoms with Crippen LogP contribution in [0.25, 0.3) is 0 Å². The molecule has 0 aromatic heterocycles. The summed E-state index contributed by atoms with van der Waals surface area (Å²) in [5, 5.41) is 0. The van der Waals surface area contributed by atoms with Gasteiger partial charge in [0, 0.05) is 37.3 Å². The van der Waals surface area contributed by atoms with E-state index < -0.39 is 0 Å². The van der Waals surface area contributed by atoms with Crippen LogP contribution in [0.4, 0.5) is 5.69 Å². The van der Waals surface area contributed by atoms with E-state index in [2.05, 4.69) is 66.1 Å². The Kier molecular flexibility index (Phi) is 6.68. The summed E-state index contributed by atoms with van der Waals surface area (Å²) in [4.78, 5) is 17.4. The predicted molar refractivity (Wildman–Crippen MR) is 113 cm³/mol. The van der Waals surface area contributed by atoms with E-state index in [0.29, 0.717) is 18.4 Å². The average Bonchev–Trinajstić information content (AvgIpc) is 2.71. The standard InChI is InChI=1S/C24H32N2O/c1-4-24(27)26(22-13-9-6-10-14-22)23-17-20(3)25(18-19(23)2)16-15-21-11-7-5-8-12-21/h5-14,19-20,23H,4,15-18H2,1-3H3/t19-,20-,23+/m0/s1. The molecule has 0 radical (unpaired) electrons. The van der Waals surface area contributed by atoms with Crippen LogP contribution in [0.1, 0.15) is 39.2 Å². The second-order valence-electron chi connectivity index (χ2n) is 7.81. The zero-order chi connectivity index (χ0) is 19.2. The molecule has 144 valence electrons. The van der Waals surface area contributed by atoms with Crippen molar-refractivity contribution in [3.63, 3.8) is 0 Å². The van der Waals surface area contributed by atoms with Crippen LogP contribution in [0.2, 0.25) is 0 Å². The van der Waals surface area contributed by atoms with Gasteiger partial charge in [-0.1, -0.05) is 62.4 Å². The molecule has 0 N–H and O–H groups in total. The number of rotatable bonds is 6. The Morgan fingerprint density at radius 1 is 1.04 bits per heavy atom. The van der Waals surface area contributed by atoms with Crippen molar-refractivity contribution in [3.8, 4) is 0 Å². The number of piperidine rings is 1. The Balaban J connectivity index is 1.70. The van der Waals surface area contributed by atoms with E-state index in [1.54, 1.807) is 0 Å². The first-order valence-corrected chi connectivity index (χ1v) is 10.2. The van der Waals surface area contributed by atoms with Crippen LogP contribution in [0.5, 0.6) is 0 Å². The Hall–Kier alpha value is -2.13. The lowest BCUT2D eigenvalue weighted by Crippen LogP contribution is -2.55. The first-order chi connectivity index (χ1) is 13.1. The van der Waals surface area contributed by atoms with Gasteiger partial charge < -0.3 is 4.90 Å². The van der Waals surface area contributed by atoms with E-state index in [1.807, 2.05) is 25.1 Å². The third kappa shape index (κ3) is 4.78. The summed E-state index contributed by atoms with van der Waals surface area (Å²) in [5.41, 5.74) is 2.43. The molecule has 0 aliphatic carbocycles. The number of benzene rings is 2. The fourth-order valence-electron chi connectivity index (χ4n) is 4.27. The molecule has 1 heterocycles. The van der Waals surface area contributed by atoms with Crippen molar-refractivity contribution in [1.29, 1.82) is 0 Å². The summed E-state index contributed by atoms with van der Waals surface area (Å²) in [6, 6.07) is 21.6. The van der Waals surface area contributed by atoms with E-state index in [9.17, 15) is 4.79 Å². The van der Waals surface area contributed by atoms with Gasteiger partial charge in [-0.3, -0.25) is 9.69 Å². The largest absolute Gasteiger partial charge is 0.309 e. The highest BCUT2D eigenvalue weighted by atomic mass is 16.2. The topological polar surface area (TPSA) is 23.6 Å². The molecule has 1 aliphatic heterocycles. The quantitative estimate of drug-likeness (QED) is 0.737. The molecular weight excluding hydrogens is 332 g/mol. The van der Waals surface area contributed by atoms with Crippen molar-refractivity contribution < 1.29 is 4.79 Å². The van der Waals surface area contributed by atoms with Gasteiger partial charge in [0.05, 0.1) is 0 Å². The normalized spacial score (nSPS) is 23.1. The third-order valence-corrected chi connectivity index (χ3v) is 5.85. The Morgan fingerprint density at radius 3 is 2.30 bits per heavy atom. The lowest BCUT2D eigenvalue weighted by molar-refractivity contribution is -0.119. The molecule has 27 heavy (non-hydrogen) atoms. The third-order valence-electron chi connectivity index (χ3n) is 5.85. The van der Waals surface area contributed by atoms with Crippen LogP contribution >= 0.6 is 0 Å². The lowest BCUT2D eigenvalue weighted by Gasteiger charge is -2.46. The van der Waals surface area contributed by atoms with Gasteiger partial charge in [-0.15, -0.1) is 0 Å². The van der Waals surface area contributed by atoms with Gasteiger partial charge in [-0.25, -0.2) is 0 Å². The van der Waals surface area contributed by atoms with Crippen molar-refractivity contribution in [2.24, 2.45) is 5.92 Å². The number of hydrogen-bond donors (Lipinski definition) is 0. The highest BCUT2D eigenvalue weighted by molar-refractivity contribution is 5.93. The minimum Gasteiger partial charge on any atom is -0.309 e. The van der Waals surface area contributed by atoms with Gasteiger partial charge in [-0.05, 0) is 43.4 Å². The average molecular weight is 365 g/mol. The van der Waals surface area contributed by atoms with Crippen molar-refractivity contribution in [1.82, 2.24) is 4.90 Å². The Morgan fingerprint density at radius 2 is 1.67 bits per heavy atom. The molecule has 3 heteroatoms. The zero-order valence-electron chi connectivity index (χ0n) is 16.8. The van der Waals surface area contributed by atoms with Crippen LogP contribution in [0, 0.1) is 5.92 Å². The van der Waals surface area contributed by atoms with Gasteiger partial charge >= 0.3 is 0 Å². The number of amides is 1. The van der Waals surface area contributed by atoms with Crippen LogP contribution < -0.4 is 4.90 Å². The number of hydrogen-bond acceptors (Lipinski definition) is 2. The Bertz CT molecular complexity index is 716. The maximum atomic E-state index is 12.8. The summed E-state index contributed by atoms with van der Waals surface area (Å²) in [5.74, 6) is 0.677. The van der Waals surface area contributed by atoms with Gasteiger partial charge in [0.25, 0.3) is 0 Å². The summed E-state index contributed by atoms with van der Waals surface area (Å²) < 4.78 is 0. The molecule has 2 aromatic carbocycles. The van der Waals surface area contributed by atoms with E-state index >= 15 is 0 Å². The smallest absolute Gasteiger partial charge is 0.226 e. The molecule has 1 aliphatic rings. The Labute approximate surface area is 164 Å². The molecular formula is C24H32N2O. The number of carbonyl (C=O) groups is 1. The molecule has 2 aromatic rings. The molecule has 0 bridgehead atoms. The van der Waals surface area contributed by atoms with Crippen LogP contribution in [0.3, 0.4) is 0 Å². The molecule has 0 saturated carbocycles. The highest BCUT2D eigenvalue weighted by Crippen LogP contribution is 2.30. The molecule has 3 nitrogen and oxygen atoms in total. The molecule has 0 spiro atoms. The molecule has 0 unspecified atom stereocenters. The van der Waals surface area contributed by atoms with Crippen molar-refractivity contribution in [2.45, 2.75) is 52.1 Å². The SMILES string of the molecule is CCC(=O)N(c1ccccc1)[C@@H]1C[C@H](C)N(CCc2ccccc2)C[C@@H]1C. The number of nitrogens with zero attached hydrogens (tertiary/aromatic N) is 2. The van der Waals surface area contributed by atoms with Crippen molar-refractivity contribution >= 4 is 11.6 Å². The lowest BCUT2D eigenvalue weighted by atomic mass is 9.87. The number of likely N-dealkylation sites (tertiary alicyclic amines) is 1. The fourth-order valence-corrected chi connectivity index (χ4v) is 4.27. The first-order valence-electron chi connectivity index (χ1n) is 10.2. The zero-order valence-corrected chi connectivity index (χ0v) is 16.8. The van der Waals surface area contributed by atoms with E-state index in [-0.39, 0.29) is 11.9 Å². The van der Waals surface area contributed by atoms with Gasteiger partial charge in [0.15, 0.2) is 0 Å². The molecule has 1 saturated heterocycles. The van der Waals surface area contributed by atoms with E-state index in [4.69, 9.17) is 0 Å². The molecule has 1 amide bonds. The van der Waals surface area contributed by atoms with Crippen LogP contribution in [0.15, 0.2) is 60.7 Å².